The molecule has 14 heteroatoms. The van der Waals surface area contributed by atoms with Gasteiger partial charge < -0.3 is 0 Å². The van der Waals surface area contributed by atoms with Crippen LogP contribution in [-0.4, -0.2) is 45.0 Å². The number of carbonyl (C=O) groups is 3. The highest BCUT2D eigenvalue weighted by molar-refractivity contribution is 5.96. The van der Waals surface area contributed by atoms with Gasteiger partial charge in [-0.2, -0.15) is 13.2 Å². The number of nitrogens with zero attached hydrogens (tertiary/aromatic N) is 3. The number of alkyl halides is 3. The van der Waals surface area contributed by atoms with Crippen molar-refractivity contribution in [3.63, 3.8) is 0 Å². The lowest BCUT2D eigenvalue weighted by Crippen LogP contribution is -2.40. The number of rotatable bonds is 13. The molecule has 35 heavy (non-hydrogen) atoms. The van der Waals surface area contributed by atoms with Crippen molar-refractivity contribution in [1.82, 2.24) is 25.9 Å². The first-order valence-corrected chi connectivity index (χ1v) is 10.7. The van der Waals surface area contributed by atoms with E-state index in [2.05, 4.69) is 31.7 Å². The third-order valence-electron chi connectivity index (χ3n) is 4.75. The molecule has 11 nitrogen and oxygen atoms in total. The van der Waals surface area contributed by atoms with Crippen molar-refractivity contribution in [2.75, 3.05) is 17.4 Å². The molecule has 0 radical (unpaired) electrons. The normalized spacial score (nSPS) is 11.8. The minimum Gasteiger partial charge on any atom is -0.298 e. The number of benzene rings is 1. The fraction of sp³-hybridized carbons (Fsp3) is 0.381. The summed E-state index contributed by atoms with van der Waals surface area (Å²) in [6.07, 6.45) is -1.53. The highest BCUT2D eigenvalue weighted by atomic mass is 19.4. The Hall–Kier alpha value is -3.94. The third kappa shape index (κ3) is 8.73. The van der Waals surface area contributed by atoms with Crippen LogP contribution >= 0.6 is 0 Å². The largest absolute Gasteiger partial charge is 0.434 e. The molecule has 1 aromatic carbocycles. The molecule has 0 fully saturated rings. The molecule has 0 aliphatic carbocycles. The highest BCUT2D eigenvalue weighted by Crippen LogP contribution is 2.30. The summed E-state index contributed by atoms with van der Waals surface area (Å²) in [4.78, 5) is 42.5. The number of unbranched alkanes of at least 4 members (excludes halogenated alkanes) is 2. The van der Waals surface area contributed by atoms with Crippen molar-refractivity contribution in [1.29, 1.82) is 0 Å². The Kier molecular flexibility index (Phi) is 10.2. The van der Waals surface area contributed by atoms with E-state index in [0.717, 1.165) is 12.8 Å². The first-order chi connectivity index (χ1) is 16.7. The average Bonchev–Trinajstić information content (AvgIpc) is 2.85. The van der Waals surface area contributed by atoms with E-state index in [1.165, 1.54) is 0 Å². The zero-order chi connectivity index (χ0) is 25.8. The summed E-state index contributed by atoms with van der Waals surface area (Å²) in [6.45, 7) is 1.65. The molecule has 0 aliphatic rings. The van der Waals surface area contributed by atoms with Gasteiger partial charge in [0.2, 0.25) is 18.3 Å². The Morgan fingerprint density at radius 3 is 2.49 bits per heavy atom. The topological polar surface area (TPSA) is 149 Å². The van der Waals surface area contributed by atoms with Crippen LogP contribution in [0.2, 0.25) is 0 Å². The monoisotopic (exact) mass is 497 g/mol. The highest BCUT2D eigenvalue weighted by Gasteiger charge is 2.38. The summed E-state index contributed by atoms with van der Waals surface area (Å²) in [5.74, 6) is -3.25. The fourth-order valence-electron chi connectivity index (χ4n) is 2.98. The Bertz CT molecular complexity index is 993. The number of amides is 3. The van der Waals surface area contributed by atoms with Crippen molar-refractivity contribution >= 4 is 29.9 Å². The summed E-state index contributed by atoms with van der Waals surface area (Å²) in [6, 6.07) is 8.25. The molecule has 5 N–H and O–H groups in total. The van der Waals surface area contributed by atoms with Crippen molar-refractivity contribution in [2.24, 2.45) is 5.92 Å². The van der Waals surface area contributed by atoms with Crippen molar-refractivity contribution < 1.29 is 32.8 Å². The van der Waals surface area contributed by atoms with Crippen LogP contribution in [0.25, 0.3) is 0 Å². The molecule has 0 unspecified atom stereocenters. The second-order valence-corrected chi connectivity index (χ2v) is 7.43. The second kappa shape index (κ2) is 13.1. The molecule has 0 aliphatic heterocycles. The van der Waals surface area contributed by atoms with Gasteiger partial charge in [0, 0.05) is 6.20 Å². The van der Waals surface area contributed by atoms with E-state index in [1.807, 2.05) is 6.92 Å². The van der Waals surface area contributed by atoms with Crippen molar-refractivity contribution in [3.8, 4) is 0 Å². The number of hydroxylamine groups is 2. The maximum atomic E-state index is 13.6. The van der Waals surface area contributed by atoms with E-state index >= 15 is 0 Å². The van der Waals surface area contributed by atoms with Gasteiger partial charge in [-0.25, -0.2) is 15.0 Å². The van der Waals surface area contributed by atoms with Gasteiger partial charge in [0.1, 0.15) is 0 Å². The van der Waals surface area contributed by atoms with E-state index in [-0.39, 0.29) is 13.0 Å². The Balaban J connectivity index is 2.10. The van der Waals surface area contributed by atoms with Crippen LogP contribution in [0.1, 0.15) is 48.7 Å². The van der Waals surface area contributed by atoms with Crippen molar-refractivity contribution in [3.05, 3.63) is 47.8 Å². The summed E-state index contributed by atoms with van der Waals surface area (Å²) in [5.41, 5.74) is 7.09. The molecule has 1 heterocycles. The van der Waals surface area contributed by atoms with Gasteiger partial charge in [-0.3, -0.25) is 41.3 Å². The number of nitrogens with one attached hydrogen (secondary N) is 4. The van der Waals surface area contributed by atoms with E-state index in [9.17, 15) is 32.8 Å². The first-order valence-electron chi connectivity index (χ1n) is 10.7. The van der Waals surface area contributed by atoms with E-state index < -0.39 is 41.1 Å². The number of hydrogen-bond donors (Lipinski definition) is 5. The molecule has 2 rings (SSSR count). The zero-order valence-corrected chi connectivity index (χ0v) is 18.8. The molecule has 0 saturated carbocycles. The molecule has 0 spiro atoms. The number of hydrazine groups is 2. The summed E-state index contributed by atoms with van der Waals surface area (Å²) in [7, 11) is 0. The smallest absolute Gasteiger partial charge is 0.298 e. The van der Waals surface area contributed by atoms with Gasteiger partial charge in [-0.05, 0) is 18.6 Å². The van der Waals surface area contributed by atoms with Crippen LogP contribution in [0.4, 0.5) is 24.8 Å². The molecular formula is C21H26F3N7O4. The lowest BCUT2D eigenvalue weighted by atomic mass is 10.0. The van der Waals surface area contributed by atoms with Crippen LogP contribution in [0, 0.1) is 5.92 Å². The van der Waals surface area contributed by atoms with Gasteiger partial charge in [0.25, 0.3) is 5.91 Å². The minimum absolute atomic E-state index is 0.142. The molecule has 2 aromatic rings. The number of anilines is 2. The zero-order valence-electron chi connectivity index (χ0n) is 18.8. The quantitative estimate of drug-likeness (QED) is 0.123. The van der Waals surface area contributed by atoms with E-state index in [1.54, 1.807) is 30.3 Å². The van der Waals surface area contributed by atoms with E-state index in [0.29, 0.717) is 29.8 Å². The van der Waals surface area contributed by atoms with Gasteiger partial charge in [0.15, 0.2) is 5.69 Å². The molecule has 190 valence electrons. The van der Waals surface area contributed by atoms with Gasteiger partial charge in [0.05, 0.1) is 23.7 Å². The Labute approximate surface area is 199 Å². The Morgan fingerprint density at radius 1 is 1.14 bits per heavy atom. The number of hydrogen-bond acceptors (Lipinski definition) is 8. The van der Waals surface area contributed by atoms with E-state index in [4.69, 9.17) is 0 Å². The first kappa shape index (κ1) is 27.3. The molecule has 0 bridgehead atoms. The van der Waals surface area contributed by atoms with Crippen LogP contribution in [-0.2, 0) is 15.8 Å². The minimum atomic E-state index is -4.99. The fourth-order valence-corrected chi connectivity index (χ4v) is 2.98. The number of halogens is 3. The molecule has 1 aromatic heterocycles. The number of para-hydroxylation sites is 1. The summed E-state index contributed by atoms with van der Waals surface area (Å²) < 4.78 is 40.7. The molecule has 0 saturated heterocycles. The SMILES string of the molecule is CCCCC[C@H](CN(O)C=O)C(=O)NNc1ncc(C(=O)NNc2ccccc2)c(C(F)(F)F)n1. The number of aromatic nitrogens is 2. The summed E-state index contributed by atoms with van der Waals surface area (Å²) >= 11 is 0. The molecular weight excluding hydrogens is 471 g/mol. The van der Waals surface area contributed by atoms with Gasteiger partial charge in [-0.1, -0.05) is 44.4 Å². The lowest BCUT2D eigenvalue weighted by Gasteiger charge is -2.20. The maximum absolute atomic E-state index is 13.6. The van der Waals surface area contributed by atoms with Crippen molar-refractivity contribution in [2.45, 2.75) is 38.8 Å². The van der Waals surface area contributed by atoms with Gasteiger partial charge >= 0.3 is 6.18 Å². The van der Waals surface area contributed by atoms with Crippen LogP contribution in [0.15, 0.2) is 36.5 Å². The van der Waals surface area contributed by atoms with Crippen LogP contribution < -0.4 is 21.7 Å². The Morgan fingerprint density at radius 2 is 1.86 bits per heavy atom. The van der Waals surface area contributed by atoms with Crippen LogP contribution in [0.5, 0.6) is 0 Å². The number of carbonyl (C=O) groups excluding carboxylic acids is 3. The predicted molar refractivity (Wildman–Crippen MR) is 119 cm³/mol. The summed E-state index contributed by atoms with van der Waals surface area (Å²) in [5, 5.41) is 9.73. The maximum Gasteiger partial charge on any atom is 0.434 e. The van der Waals surface area contributed by atoms with Gasteiger partial charge in [-0.15, -0.1) is 0 Å². The molecule has 3 amide bonds. The molecule has 1 atom stereocenters. The predicted octanol–water partition coefficient (Wildman–Crippen LogP) is 2.74. The standard InChI is InChI=1S/C21H26F3N7O4/c1-2-3-5-8-14(12-31(35)13-32)18(33)28-30-20-25-11-16(17(26-20)21(22,23)24)19(34)29-27-15-9-6-4-7-10-15/h4,6-7,9-11,13-14,27,35H,2-3,5,8,12H2,1H3,(H,28,33)(H,29,34)(H,25,26,30)/t14-/m1/s1. The van der Waals surface area contributed by atoms with Crippen LogP contribution in [0.3, 0.4) is 0 Å². The average molecular weight is 497 g/mol. The third-order valence-corrected chi connectivity index (χ3v) is 4.75. The second-order valence-electron chi connectivity index (χ2n) is 7.43. The lowest BCUT2D eigenvalue weighted by molar-refractivity contribution is -0.154.